The molecular weight excluding hydrogens is 542 g/mol. The van der Waals surface area contributed by atoms with Crippen molar-refractivity contribution in [2.75, 3.05) is 24.6 Å². The molecule has 4 aromatic rings. The van der Waals surface area contributed by atoms with Gasteiger partial charge in [0.2, 0.25) is 0 Å². The molecule has 5 rings (SSSR count). The third kappa shape index (κ3) is 6.17. The van der Waals surface area contributed by atoms with E-state index in [4.69, 9.17) is 14.2 Å². The minimum absolute atomic E-state index is 0.0129. The van der Waals surface area contributed by atoms with Gasteiger partial charge in [-0.05, 0) is 67.1 Å². The normalized spacial score (nSPS) is 12.9. The number of anilines is 1. The van der Waals surface area contributed by atoms with Crippen molar-refractivity contribution in [3.63, 3.8) is 0 Å². The number of fused-ring (bicyclic) bond motifs is 1. The van der Waals surface area contributed by atoms with Gasteiger partial charge in [-0.1, -0.05) is 42.5 Å². The van der Waals surface area contributed by atoms with Gasteiger partial charge in [0.15, 0.2) is 11.5 Å². The zero-order chi connectivity index (χ0) is 28.8. The van der Waals surface area contributed by atoms with Crippen LogP contribution in [-0.2, 0) is 16.6 Å². The van der Waals surface area contributed by atoms with Crippen LogP contribution in [0.25, 0.3) is 0 Å². The molecule has 0 aliphatic carbocycles. The molecule has 0 bridgehead atoms. The van der Waals surface area contributed by atoms with Crippen LogP contribution in [0.5, 0.6) is 17.2 Å². The molecule has 0 spiro atoms. The SMILES string of the molecule is COc1ccc(S(=O)(=O)N(Cc2ccccc2)c2ccccc2C(=O)N/N=C(/C)c2ccc3c(c2)OCCO3)cc1. The molecule has 1 aliphatic heterocycles. The summed E-state index contributed by atoms with van der Waals surface area (Å²) in [5, 5.41) is 4.28. The summed E-state index contributed by atoms with van der Waals surface area (Å²) in [5.74, 6) is 1.24. The predicted octanol–water partition coefficient (Wildman–Crippen LogP) is 5.02. The molecule has 1 amide bonds. The van der Waals surface area contributed by atoms with Gasteiger partial charge in [0, 0.05) is 5.56 Å². The summed E-state index contributed by atoms with van der Waals surface area (Å²) in [5.41, 5.74) is 5.00. The predicted molar refractivity (Wildman–Crippen MR) is 156 cm³/mol. The van der Waals surface area contributed by atoms with E-state index in [1.807, 2.05) is 36.4 Å². The monoisotopic (exact) mass is 571 g/mol. The zero-order valence-electron chi connectivity index (χ0n) is 22.6. The van der Waals surface area contributed by atoms with Gasteiger partial charge in [0.05, 0.1) is 35.5 Å². The number of hydrazone groups is 1. The lowest BCUT2D eigenvalue weighted by molar-refractivity contribution is 0.0955. The Kier molecular flexibility index (Phi) is 8.21. The highest BCUT2D eigenvalue weighted by atomic mass is 32.2. The fourth-order valence-corrected chi connectivity index (χ4v) is 5.81. The molecule has 4 aromatic carbocycles. The minimum atomic E-state index is -4.08. The summed E-state index contributed by atoms with van der Waals surface area (Å²) in [6.45, 7) is 2.72. The first kappa shape index (κ1) is 27.7. The average molecular weight is 572 g/mol. The van der Waals surface area contributed by atoms with Crippen molar-refractivity contribution in [1.29, 1.82) is 0 Å². The summed E-state index contributed by atoms with van der Waals surface area (Å²) in [7, 11) is -2.57. The molecule has 0 saturated heterocycles. The number of methoxy groups -OCH3 is 1. The lowest BCUT2D eigenvalue weighted by atomic mass is 10.1. The van der Waals surface area contributed by atoms with Gasteiger partial charge in [0.25, 0.3) is 15.9 Å². The Morgan fingerprint density at radius 2 is 1.59 bits per heavy atom. The van der Waals surface area contributed by atoms with E-state index in [0.717, 1.165) is 11.1 Å². The van der Waals surface area contributed by atoms with Crippen molar-refractivity contribution in [2.45, 2.75) is 18.4 Å². The van der Waals surface area contributed by atoms with E-state index < -0.39 is 15.9 Å². The lowest BCUT2D eigenvalue weighted by Gasteiger charge is -2.26. The van der Waals surface area contributed by atoms with Crippen molar-refractivity contribution >= 4 is 27.3 Å². The number of rotatable bonds is 9. The third-order valence-corrected chi connectivity index (χ3v) is 8.29. The number of carbonyl (C=O) groups is 1. The van der Waals surface area contributed by atoms with Crippen LogP contribution in [0.2, 0.25) is 0 Å². The van der Waals surface area contributed by atoms with Gasteiger partial charge < -0.3 is 14.2 Å². The van der Waals surface area contributed by atoms with Crippen LogP contribution in [-0.4, -0.2) is 40.4 Å². The first-order chi connectivity index (χ1) is 19.9. The van der Waals surface area contributed by atoms with E-state index in [9.17, 15) is 13.2 Å². The van der Waals surface area contributed by atoms with Gasteiger partial charge in [0.1, 0.15) is 19.0 Å². The van der Waals surface area contributed by atoms with E-state index in [0.29, 0.717) is 36.2 Å². The molecule has 1 N–H and O–H groups in total. The van der Waals surface area contributed by atoms with Gasteiger partial charge in [-0.25, -0.2) is 13.8 Å². The van der Waals surface area contributed by atoms with Gasteiger partial charge >= 0.3 is 0 Å². The standard InChI is InChI=1S/C31H29N3O6S/c1-22(24-12-17-29-30(20-24)40-19-18-39-29)32-33-31(35)27-10-6-7-11-28(27)34(21-23-8-4-3-5-9-23)41(36,37)26-15-13-25(38-2)14-16-26/h3-17,20H,18-19,21H2,1-2H3,(H,33,35)/b32-22-. The highest BCUT2D eigenvalue weighted by molar-refractivity contribution is 7.92. The number of carbonyl (C=O) groups excluding carboxylic acids is 1. The molecule has 0 saturated carbocycles. The molecule has 10 heteroatoms. The number of hydrogen-bond acceptors (Lipinski definition) is 7. The fourth-order valence-electron chi connectivity index (χ4n) is 4.33. The molecule has 0 radical (unpaired) electrons. The highest BCUT2D eigenvalue weighted by Gasteiger charge is 2.29. The highest BCUT2D eigenvalue weighted by Crippen LogP contribution is 2.32. The number of para-hydroxylation sites is 1. The molecule has 0 fully saturated rings. The molecule has 0 atom stereocenters. The molecule has 1 heterocycles. The number of ether oxygens (including phenoxy) is 3. The molecule has 0 unspecified atom stereocenters. The summed E-state index contributed by atoms with van der Waals surface area (Å²) in [6, 6.07) is 27.3. The van der Waals surface area contributed by atoms with Crippen molar-refractivity contribution in [2.24, 2.45) is 5.10 Å². The maximum atomic E-state index is 14.0. The average Bonchev–Trinajstić information content (AvgIpc) is 3.02. The Balaban J connectivity index is 1.47. The number of nitrogens with one attached hydrogen (secondary N) is 1. The number of sulfonamides is 1. The number of amides is 1. The van der Waals surface area contributed by atoms with Crippen LogP contribution in [0.4, 0.5) is 5.69 Å². The van der Waals surface area contributed by atoms with E-state index in [2.05, 4.69) is 10.5 Å². The van der Waals surface area contributed by atoms with Crippen LogP contribution >= 0.6 is 0 Å². The Bertz CT molecular complexity index is 1670. The van der Waals surface area contributed by atoms with Crippen LogP contribution in [0, 0.1) is 0 Å². The molecule has 41 heavy (non-hydrogen) atoms. The summed E-state index contributed by atoms with van der Waals surface area (Å²) < 4.78 is 45.6. The maximum Gasteiger partial charge on any atom is 0.273 e. The molecule has 1 aliphatic rings. The fraction of sp³-hybridized carbons (Fsp3) is 0.161. The maximum absolute atomic E-state index is 14.0. The van der Waals surface area contributed by atoms with Crippen LogP contribution in [0.3, 0.4) is 0 Å². The Morgan fingerprint density at radius 1 is 0.902 bits per heavy atom. The van der Waals surface area contributed by atoms with Gasteiger partial charge in [-0.15, -0.1) is 0 Å². The van der Waals surface area contributed by atoms with Gasteiger partial charge in [-0.3, -0.25) is 9.10 Å². The van der Waals surface area contributed by atoms with Gasteiger partial charge in [-0.2, -0.15) is 5.10 Å². The Morgan fingerprint density at radius 3 is 2.32 bits per heavy atom. The van der Waals surface area contributed by atoms with Crippen LogP contribution in [0.1, 0.15) is 28.4 Å². The lowest BCUT2D eigenvalue weighted by Crippen LogP contribution is -2.33. The quantitative estimate of drug-likeness (QED) is 0.224. The van der Waals surface area contributed by atoms with Crippen molar-refractivity contribution in [3.8, 4) is 17.2 Å². The summed E-state index contributed by atoms with van der Waals surface area (Å²) >= 11 is 0. The zero-order valence-corrected chi connectivity index (χ0v) is 23.4. The molecular formula is C31H29N3O6S. The topological polar surface area (TPSA) is 107 Å². The number of hydrogen-bond donors (Lipinski definition) is 1. The minimum Gasteiger partial charge on any atom is -0.497 e. The molecule has 0 aromatic heterocycles. The largest absolute Gasteiger partial charge is 0.497 e. The van der Waals surface area contributed by atoms with E-state index in [-0.39, 0.29) is 22.7 Å². The number of nitrogens with zero attached hydrogens (tertiary/aromatic N) is 2. The molecule has 9 nitrogen and oxygen atoms in total. The van der Waals surface area contributed by atoms with E-state index >= 15 is 0 Å². The Labute approximate surface area is 239 Å². The van der Waals surface area contributed by atoms with Crippen LogP contribution in [0.15, 0.2) is 107 Å². The summed E-state index contributed by atoms with van der Waals surface area (Å²) in [6.07, 6.45) is 0. The van der Waals surface area contributed by atoms with E-state index in [1.54, 1.807) is 55.5 Å². The first-order valence-electron chi connectivity index (χ1n) is 12.9. The van der Waals surface area contributed by atoms with E-state index in [1.165, 1.54) is 23.5 Å². The second-order valence-corrected chi connectivity index (χ2v) is 11.0. The van der Waals surface area contributed by atoms with Crippen molar-refractivity contribution in [1.82, 2.24) is 5.43 Å². The third-order valence-electron chi connectivity index (χ3n) is 6.52. The second-order valence-electron chi connectivity index (χ2n) is 9.19. The van der Waals surface area contributed by atoms with Crippen molar-refractivity contribution in [3.05, 3.63) is 114 Å². The van der Waals surface area contributed by atoms with Crippen LogP contribution < -0.4 is 23.9 Å². The Hall–Kier alpha value is -4.83. The molecule has 210 valence electrons. The smallest absolute Gasteiger partial charge is 0.273 e. The summed E-state index contributed by atoms with van der Waals surface area (Å²) in [4.78, 5) is 13.5. The first-order valence-corrected chi connectivity index (χ1v) is 14.4. The van der Waals surface area contributed by atoms with Crippen molar-refractivity contribution < 1.29 is 27.4 Å². The number of benzene rings is 4. The second kappa shape index (κ2) is 12.1.